The molecule has 5 nitrogen and oxygen atoms in total. The lowest BCUT2D eigenvalue weighted by Crippen LogP contribution is -2.44. The molecule has 1 amide bonds. The van der Waals surface area contributed by atoms with Crippen molar-refractivity contribution in [2.75, 3.05) is 33.7 Å². The van der Waals surface area contributed by atoms with Crippen LogP contribution in [0.4, 0.5) is 0 Å². The minimum Gasteiger partial charge on any atom is -0.393 e. The molecule has 0 heterocycles. The van der Waals surface area contributed by atoms with E-state index < -0.39 is 5.60 Å². The predicted octanol–water partition coefficient (Wildman–Crippen LogP) is 0.358. The van der Waals surface area contributed by atoms with E-state index in [2.05, 4.69) is 0 Å². The molecule has 0 radical (unpaired) electrons. The number of hydrogen-bond donors (Lipinski definition) is 2. The van der Waals surface area contributed by atoms with Crippen molar-refractivity contribution in [1.29, 1.82) is 0 Å². The van der Waals surface area contributed by atoms with Crippen molar-refractivity contribution < 1.29 is 9.90 Å². The van der Waals surface area contributed by atoms with Crippen LogP contribution >= 0.6 is 12.2 Å². The second-order valence-electron chi connectivity index (χ2n) is 5.64. The van der Waals surface area contributed by atoms with Gasteiger partial charge in [-0.15, -0.1) is 0 Å². The van der Waals surface area contributed by atoms with Gasteiger partial charge in [0.2, 0.25) is 5.91 Å². The molecule has 3 N–H and O–H groups in total. The third-order valence-electron chi connectivity index (χ3n) is 3.62. The molecule has 1 fully saturated rings. The number of nitrogens with zero attached hydrogens (tertiary/aromatic N) is 2. The van der Waals surface area contributed by atoms with Crippen molar-refractivity contribution in [3.8, 4) is 0 Å². The third-order valence-corrected chi connectivity index (χ3v) is 3.83. The predicted molar refractivity (Wildman–Crippen MR) is 80.0 cm³/mol. The monoisotopic (exact) mass is 287 g/mol. The van der Waals surface area contributed by atoms with Crippen LogP contribution in [0.3, 0.4) is 0 Å². The topological polar surface area (TPSA) is 69.8 Å². The smallest absolute Gasteiger partial charge is 0.236 e. The maximum atomic E-state index is 12.0. The zero-order chi connectivity index (χ0) is 14.5. The number of aliphatic hydroxyl groups is 1. The number of likely N-dealkylation sites (N-methyl/N-ethyl adjacent to an activating group) is 2. The standard InChI is InChI=1S/C13H25N3O2S/c1-15(10-13(18)6-3-4-7-13)9-12(17)16(2)8-5-11(14)19/h18H,3-10H2,1-2H3,(H2,14,19). The Labute approximate surface area is 120 Å². The third kappa shape index (κ3) is 5.84. The molecular weight excluding hydrogens is 262 g/mol. The van der Waals surface area contributed by atoms with E-state index in [0.29, 0.717) is 31.0 Å². The van der Waals surface area contributed by atoms with Gasteiger partial charge in [-0.2, -0.15) is 0 Å². The highest BCUT2D eigenvalue weighted by Crippen LogP contribution is 2.29. The van der Waals surface area contributed by atoms with Gasteiger partial charge in [-0.3, -0.25) is 9.69 Å². The lowest BCUT2D eigenvalue weighted by atomic mass is 10.0. The van der Waals surface area contributed by atoms with Gasteiger partial charge >= 0.3 is 0 Å². The Kier molecular flexibility index (Phi) is 6.16. The average molecular weight is 287 g/mol. The first kappa shape index (κ1) is 16.3. The van der Waals surface area contributed by atoms with Crippen LogP contribution in [0, 0.1) is 0 Å². The minimum atomic E-state index is -0.605. The minimum absolute atomic E-state index is 0.0281. The molecule has 19 heavy (non-hydrogen) atoms. The summed E-state index contributed by atoms with van der Waals surface area (Å²) in [4.78, 5) is 15.9. The highest BCUT2D eigenvalue weighted by molar-refractivity contribution is 7.80. The van der Waals surface area contributed by atoms with Crippen LogP contribution < -0.4 is 5.73 Å². The summed E-state index contributed by atoms with van der Waals surface area (Å²) < 4.78 is 0. The Morgan fingerprint density at radius 2 is 1.95 bits per heavy atom. The summed E-state index contributed by atoms with van der Waals surface area (Å²) in [5.74, 6) is 0.0281. The number of thiocarbonyl (C=S) groups is 1. The molecule has 6 heteroatoms. The quantitative estimate of drug-likeness (QED) is 0.662. The van der Waals surface area contributed by atoms with Crippen molar-refractivity contribution in [2.45, 2.75) is 37.7 Å². The fourth-order valence-corrected chi connectivity index (χ4v) is 2.60. The second kappa shape index (κ2) is 7.17. The first-order chi connectivity index (χ1) is 8.82. The first-order valence-corrected chi connectivity index (χ1v) is 7.16. The molecule has 0 aromatic rings. The van der Waals surface area contributed by atoms with Crippen LogP contribution in [0.15, 0.2) is 0 Å². The average Bonchev–Trinajstić information content (AvgIpc) is 2.71. The Morgan fingerprint density at radius 1 is 1.37 bits per heavy atom. The molecule has 0 aliphatic heterocycles. The van der Waals surface area contributed by atoms with Crippen molar-refractivity contribution in [3.05, 3.63) is 0 Å². The second-order valence-corrected chi connectivity index (χ2v) is 6.16. The van der Waals surface area contributed by atoms with Gasteiger partial charge in [0.15, 0.2) is 0 Å². The van der Waals surface area contributed by atoms with Crippen LogP contribution in [0.5, 0.6) is 0 Å². The van der Waals surface area contributed by atoms with Gasteiger partial charge in [0.05, 0.1) is 17.1 Å². The zero-order valence-electron chi connectivity index (χ0n) is 11.9. The van der Waals surface area contributed by atoms with Crippen molar-refractivity contribution in [2.24, 2.45) is 5.73 Å². The lowest BCUT2D eigenvalue weighted by molar-refractivity contribution is -0.131. The van der Waals surface area contributed by atoms with Crippen molar-refractivity contribution in [1.82, 2.24) is 9.80 Å². The van der Waals surface area contributed by atoms with E-state index in [9.17, 15) is 9.90 Å². The van der Waals surface area contributed by atoms with Crippen LogP contribution in [0.2, 0.25) is 0 Å². The van der Waals surface area contributed by atoms with Gasteiger partial charge in [0, 0.05) is 26.6 Å². The lowest BCUT2D eigenvalue weighted by Gasteiger charge is -2.29. The zero-order valence-corrected chi connectivity index (χ0v) is 12.7. The molecule has 0 unspecified atom stereocenters. The van der Waals surface area contributed by atoms with Crippen LogP contribution in [0.1, 0.15) is 32.1 Å². The van der Waals surface area contributed by atoms with E-state index in [1.54, 1.807) is 11.9 Å². The summed E-state index contributed by atoms with van der Waals surface area (Å²) in [6.07, 6.45) is 4.37. The van der Waals surface area contributed by atoms with E-state index in [4.69, 9.17) is 18.0 Å². The van der Waals surface area contributed by atoms with Gasteiger partial charge < -0.3 is 15.7 Å². The summed E-state index contributed by atoms with van der Waals surface area (Å²) in [6.45, 7) is 1.42. The molecule has 1 aliphatic rings. The van der Waals surface area contributed by atoms with E-state index in [1.807, 2.05) is 11.9 Å². The van der Waals surface area contributed by atoms with Crippen molar-refractivity contribution in [3.63, 3.8) is 0 Å². The van der Waals surface area contributed by atoms with Gasteiger partial charge in [-0.05, 0) is 19.9 Å². The van der Waals surface area contributed by atoms with Crippen molar-refractivity contribution >= 4 is 23.1 Å². The summed E-state index contributed by atoms with van der Waals surface area (Å²) in [7, 11) is 3.62. The Bertz CT molecular complexity index is 330. The highest BCUT2D eigenvalue weighted by atomic mass is 32.1. The molecule has 0 atom stereocenters. The molecule has 1 aliphatic carbocycles. The maximum absolute atomic E-state index is 12.0. The van der Waals surface area contributed by atoms with Gasteiger partial charge in [0.1, 0.15) is 0 Å². The molecule has 110 valence electrons. The molecule has 0 spiro atoms. The van der Waals surface area contributed by atoms with Gasteiger partial charge in [-0.25, -0.2) is 0 Å². The van der Waals surface area contributed by atoms with Crippen LogP contribution in [-0.2, 0) is 4.79 Å². The van der Waals surface area contributed by atoms with Gasteiger partial charge in [0.25, 0.3) is 0 Å². The van der Waals surface area contributed by atoms with E-state index in [-0.39, 0.29) is 5.91 Å². The number of carbonyl (C=O) groups excluding carboxylic acids is 1. The summed E-state index contributed by atoms with van der Waals surface area (Å²) in [6, 6.07) is 0. The number of amides is 1. The number of carbonyl (C=O) groups is 1. The number of hydrogen-bond acceptors (Lipinski definition) is 4. The molecule has 0 bridgehead atoms. The number of rotatable bonds is 7. The molecule has 0 aromatic carbocycles. The Morgan fingerprint density at radius 3 is 2.47 bits per heavy atom. The molecule has 0 saturated heterocycles. The Hall–Kier alpha value is -0.720. The van der Waals surface area contributed by atoms with Crippen LogP contribution in [-0.4, -0.2) is 65.1 Å². The molecular formula is C13H25N3O2S. The normalized spacial score (nSPS) is 17.7. The van der Waals surface area contributed by atoms with E-state index in [1.165, 1.54) is 0 Å². The van der Waals surface area contributed by atoms with Gasteiger partial charge in [-0.1, -0.05) is 25.1 Å². The first-order valence-electron chi connectivity index (χ1n) is 6.76. The molecule has 1 saturated carbocycles. The summed E-state index contributed by atoms with van der Waals surface area (Å²) in [5, 5.41) is 10.3. The van der Waals surface area contributed by atoms with E-state index >= 15 is 0 Å². The van der Waals surface area contributed by atoms with E-state index in [0.717, 1.165) is 25.7 Å². The van der Waals surface area contributed by atoms with Crippen LogP contribution in [0.25, 0.3) is 0 Å². The maximum Gasteiger partial charge on any atom is 0.236 e. The fourth-order valence-electron chi connectivity index (χ4n) is 2.50. The number of nitrogens with two attached hydrogens (primary N) is 1. The highest BCUT2D eigenvalue weighted by Gasteiger charge is 2.32. The summed E-state index contributed by atoms with van der Waals surface area (Å²) in [5.41, 5.74) is 4.81. The SMILES string of the molecule is CN(CC(=O)N(C)CCC(N)=S)CC1(O)CCCC1. The molecule has 0 aromatic heterocycles. The Balaban J connectivity index is 2.32. The molecule has 1 rings (SSSR count). The fraction of sp³-hybridized carbons (Fsp3) is 0.846. The summed E-state index contributed by atoms with van der Waals surface area (Å²) >= 11 is 4.79. The largest absolute Gasteiger partial charge is 0.393 e.